The SMILES string of the molecule is CN1CCN(C(=O)c2ccc(-n3c(=O)n4n(c3=O)C3C(=CC4)C(C)(C)Oc4cc(OC5CCCCO5)ccc43)cc2)CC1. The Morgan fingerprint density at radius 1 is 0.977 bits per heavy atom. The molecule has 5 heterocycles. The molecule has 0 saturated carbocycles. The van der Waals surface area contributed by atoms with E-state index in [1.807, 2.05) is 50.1 Å². The molecular formula is C32H37N5O6. The molecule has 11 heteroatoms. The smallest absolute Gasteiger partial charge is 0.352 e. The zero-order valence-corrected chi connectivity index (χ0v) is 24.8. The van der Waals surface area contributed by atoms with Crippen LogP contribution in [0.3, 0.4) is 0 Å². The summed E-state index contributed by atoms with van der Waals surface area (Å²) in [4.78, 5) is 44.8. The van der Waals surface area contributed by atoms with Crippen molar-refractivity contribution in [3.8, 4) is 17.2 Å². The molecule has 1 aromatic heterocycles. The van der Waals surface area contributed by atoms with Crippen LogP contribution in [-0.2, 0) is 11.3 Å². The second kappa shape index (κ2) is 10.6. The molecular weight excluding hydrogens is 550 g/mol. The first-order chi connectivity index (χ1) is 20.7. The maximum atomic E-state index is 14.1. The van der Waals surface area contributed by atoms with Crippen LogP contribution >= 0.6 is 0 Å². The lowest BCUT2D eigenvalue weighted by molar-refractivity contribution is -0.106. The van der Waals surface area contributed by atoms with Gasteiger partial charge in [-0.15, -0.1) is 0 Å². The van der Waals surface area contributed by atoms with Crippen molar-refractivity contribution in [2.75, 3.05) is 39.8 Å². The van der Waals surface area contributed by atoms with E-state index in [1.54, 1.807) is 24.3 Å². The molecule has 226 valence electrons. The van der Waals surface area contributed by atoms with Gasteiger partial charge in [0.25, 0.3) is 5.91 Å². The summed E-state index contributed by atoms with van der Waals surface area (Å²) in [7, 11) is 2.04. The lowest BCUT2D eigenvalue weighted by atomic mass is 9.83. The van der Waals surface area contributed by atoms with Gasteiger partial charge in [0.15, 0.2) is 6.29 Å². The molecule has 2 saturated heterocycles. The number of piperazine rings is 1. The molecule has 7 rings (SSSR count). The molecule has 2 atom stereocenters. The number of hydrogen-bond donors (Lipinski definition) is 0. The van der Waals surface area contributed by atoms with E-state index in [0.717, 1.165) is 43.5 Å². The molecule has 2 unspecified atom stereocenters. The molecule has 1 amide bonds. The third-order valence-electron chi connectivity index (χ3n) is 8.99. The second-order valence-electron chi connectivity index (χ2n) is 12.3. The van der Waals surface area contributed by atoms with E-state index in [0.29, 0.717) is 42.4 Å². The van der Waals surface area contributed by atoms with Crippen molar-refractivity contribution in [3.05, 3.63) is 86.2 Å². The van der Waals surface area contributed by atoms with Gasteiger partial charge in [0, 0.05) is 49.8 Å². The van der Waals surface area contributed by atoms with Gasteiger partial charge in [-0.3, -0.25) is 4.79 Å². The number of carbonyl (C=O) groups is 1. The molecule has 2 aromatic carbocycles. The summed E-state index contributed by atoms with van der Waals surface area (Å²) in [5.74, 6) is 1.19. The predicted molar refractivity (Wildman–Crippen MR) is 159 cm³/mol. The van der Waals surface area contributed by atoms with Crippen molar-refractivity contribution in [2.45, 2.75) is 57.6 Å². The van der Waals surface area contributed by atoms with Crippen LogP contribution in [0.1, 0.15) is 55.1 Å². The van der Waals surface area contributed by atoms with E-state index in [-0.39, 0.29) is 18.7 Å². The maximum absolute atomic E-state index is 14.1. The minimum absolute atomic E-state index is 0.0480. The highest BCUT2D eigenvalue weighted by Crippen LogP contribution is 2.47. The molecule has 4 aliphatic rings. The summed E-state index contributed by atoms with van der Waals surface area (Å²) in [6.07, 6.45) is 4.62. The summed E-state index contributed by atoms with van der Waals surface area (Å²) in [5.41, 5.74) is 1.05. The van der Waals surface area contributed by atoms with Gasteiger partial charge in [-0.2, -0.15) is 0 Å². The van der Waals surface area contributed by atoms with Crippen LogP contribution in [0.25, 0.3) is 5.69 Å². The molecule has 11 nitrogen and oxygen atoms in total. The van der Waals surface area contributed by atoms with Crippen molar-refractivity contribution >= 4 is 5.91 Å². The van der Waals surface area contributed by atoms with Gasteiger partial charge < -0.3 is 24.0 Å². The molecule has 43 heavy (non-hydrogen) atoms. The highest BCUT2D eigenvalue weighted by atomic mass is 16.7. The number of carbonyl (C=O) groups excluding carboxylic acids is 1. The van der Waals surface area contributed by atoms with Crippen molar-refractivity contribution in [1.82, 2.24) is 23.7 Å². The minimum atomic E-state index is -0.717. The van der Waals surface area contributed by atoms with Gasteiger partial charge in [0.1, 0.15) is 23.1 Å². The number of hydrogen-bond acceptors (Lipinski definition) is 7. The molecule has 0 radical (unpaired) electrons. The van der Waals surface area contributed by atoms with Crippen LogP contribution in [0.2, 0.25) is 0 Å². The number of rotatable bonds is 4. The van der Waals surface area contributed by atoms with E-state index >= 15 is 0 Å². The molecule has 3 aromatic rings. The topological polar surface area (TPSA) is 100 Å². The number of benzene rings is 2. The second-order valence-corrected chi connectivity index (χ2v) is 12.3. The van der Waals surface area contributed by atoms with E-state index in [9.17, 15) is 14.4 Å². The summed E-state index contributed by atoms with van der Waals surface area (Å²) in [6.45, 7) is 7.87. The number of allylic oxidation sites excluding steroid dienone is 1. The normalized spacial score (nSPS) is 23.0. The minimum Gasteiger partial charge on any atom is -0.483 e. The largest absolute Gasteiger partial charge is 0.483 e. The first-order valence-corrected chi connectivity index (χ1v) is 15.1. The van der Waals surface area contributed by atoms with E-state index in [2.05, 4.69) is 4.90 Å². The Bertz CT molecular complexity index is 1700. The Hall–Kier alpha value is -4.09. The van der Waals surface area contributed by atoms with Crippen LogP contribution in [0.4, 0.5) is 0 Å². The first-order valence-electron chi connectivity index (χ1n) is 15.1. The fourth-order valence-electron chi connectivity index (χ4n) is 6.57. The van der Waals surface area contributed by atoms with Crippen LogP contribution in [-0.4, -0.2) is 81.4 Å². The summed E-state index contributed by atoms with van der Waals surface area (Å²) in [5, 5.41) is 0. The van der Waals surface area contributed by atoms with Crippen molar-refractivity contribution in [3.63, 3.8) is 0 Å². The molecule has 0 bridgehead atoms. The molecule has 0 N–H and O–H groups in total. The molecule has 4 aliphatic heterocycles. The number of amides is 1. The summed E-state index contributed by atoms with van der Waals surface area (Å²) in [6, 6.07) is 11.8. The Labute approximate surface area is 249 Å². The average molecular weight is 588 g/mol. The van der Waals surface area contributed by atoms with Gasteiger partial charge in [-0.25, -0.2) is 23.5 Å². The van der Waals surface area contributed by atoms with Crippen molar-refractivity contribution in [1.29, 1.82) is 0 Å². The summed E-state index contributed by atoms with van der Waals surface area (Å²) >= 11 is 0. The molecule has 0 spiro atoms. The fraction of sp³-hybridized carbons (Fsp3) is 0.469. The Balaban J connectivity index is 1.23. The van der Waals surface area contributed by atoms with Gasteiger partial charge in [-0.1, -0.05) is 6.08 Å². The molecule has 0 aliphatic carbocycles. The summed E-state index contributed by atoms with van der Waals surface area (Å²) < 4.78 is 22.5. The van der Waals surface area contributed by atoms with Crippen LogP contribution in [0, 0.1) is 0 Å². The third kappa shape index (κ3) is 4.80. The number of likely N-dealkylation sites (N-methyl/N-ethyl adjacent to an activating group) is 1. The zero-order chi connectivity index (χ0) is 29.9. The van der Waals surface area contributed by atoms with Crippen LogP contribution < -0.4 is 20.9 Å². The zero-order valence-electron chi connectivity index (χ0n) is 24.8. The van der Waals surface area contributed by atoms with Crippen LogP contribution in [0.15, 0.2) is 63.7 Å². The van der Waals surface area contributed by atoms with Gasteiger partial charge in [0.2, 0.25) is 0 Å². The lowest BCUT2D eigenvalue weighted by Crippen LogP contribution is -2.47. The van der Waals surface area contributed by atoms with Crippen molar-refractivity contribution < 1.29 is 19.0 Å². The number of fused-ring (bicyclic) bond motifs is 5. The fourth-order valence-corrected chi connectivity index (χ4v) is 6.57. The average Bonchev–Trinajstić information content (AvgIpc) is 3.26. The monoisotopic (exact) mass is 587 g/mol. The number of aromatic nitrogens is 3. The standard InChI is InChI=1S/C32H37N5O6/c1-32(2)25-13-14-35-30(39)36(22-9-7-21(8-10-22)29(38)34-17-15-33(3)16-18-34)31(40)37(35)28(25)24-12-11-23(20-26(24)43-32)42-27-6-4-5-19-41-27/h7-13,20,27-28H,4-6,14-19H2,1-3H3. The molecule has 2 fully saturated rings. The third-order valence-corrected chi connectivity index (χ3v) is 8.99. The van der Waals surface area contributed by atoms with Gasteiger partial charge >= 0.3 is 11.4 Å². The first kappa shape index (κ1) is 27.7. The van der Waals surface area contributed by atoms with Gasteiger partial charge in [-0.05, 0) is 75.7 Å². The Morgan fingerprint density at radius 3 is 2.47 bits per heavy atom. The van der Waals surface area contributed by atoms with E-state index in [1.165, 1.54) is 13.9 Å². The maximum Gasteiger partial charge on any atom is 0.352 e. The number of nitrogens with zero attached hydrogens (tertiary/aromatic N) is 5. The van der Waals surface area contributed by atoms with E-state index < -0.39 is 23.0 Å². The lowest BCUT2D eigenvalue weighted by Gasteiger charge is -2.42. The Kier molecular flexibility index (Phi) is 6.81. The highest BCUT2D eigenvalue weighted by Gasteiger charge is 2.44. The van der Waals surface area contributed by atoms with Crippen LogP contribution in [0.5, 0.6) is 11.5 Å². The highest BCUT2D eigenvalue weighted by molar-refractivity contribution is 5.94. The van der Waals surface area contributed by atoms with Gasteiger partial charge in [0.05, 0.1) is 18.8 Å². The quantitative estimate of drug-likeness (QED) is 0.433. The number of ether oxygens (including phenoxy) is 3. The Morgan fingerprint density at radius 2 is 1.74 bits per heavy atom. The van der Waals surface area contributed by atoms with Crippen molar-refractivity contribution in [2.24, 2.45) is 0 Å². The predicted octanol–water partition coefficient (Wildman–Crippen LogP) is 2.79. The van der Waals surface area contributed by atoms with E-state index in [4.69, 9.17) is 14.2 Å².